The third kappa shape index (κ3) is 4.86. The van der Waals surface area contributed by atoms with Gasteiger partial charge in [-0.15, -0.1) is 0 Å². The monoisotopic (exact) mass is 443 g/mol. The Labute approximate surface area is 200 Å². The van der Waals surface area contributed by atoms with Crippen molar-refractivity contribution in [1.82, 2.24) is 5.32 Å². The summed E-state index contributed by atoms with van der Waals surface area (Å²) in [4.78, 5) is 0. The van der Waals surface area contributed by atoms with E-state index in [4.69, 9.17) is 11.5 Å². The minimum Gasteiger partial charge on any atom is -0.398 e. The minimum absolute atomic E-state index is 0.0373. The summed E-state index contributed by atoms with van der Waals surface area (Å²) in [5.41, 5.74) is 17.7. The Bertz CT molecular complexity index is 1450. The lowest BCUT2D eigenvalue weighted by Crippen LogP contribution is -2.20. The summed E-state index contributed by atoms with van der Waals surface area (Å²) < 4.78 is 0. The Hall–Kier alpha value is -3.92. The van der Waals surface area contributed by atoms with Crippen molar-refractivity contribution >= 4 is 27.2 Å². The normalized spacial score (nSPS) is 12.8. The Kier molecular flexibility index (Phi) is 6.39. The van der Waals surface area contributed by atoms with E-state index in [1.807, 2.05) is 0 Å². The van der Waals surface area contributed by atoms with Gasteiger partial charge >= 0.3 is 0 Å². The van der Waals surface area contributed by atoms with Crippen LogP contribution in [-0.4, -0.2) is 0 Å². The van der Waals surface area contributed by atoms with Crippen LogP contribution in [0.1, 0.15) is 28.3 Å². The number of nitrogens with two attached hydrogens (primary N) is 2. The van der Waals surface area contributed by atoms with Gasteiger partial charge in [0.25, 0.3) is 0 Å². The van der Waals surface area contributed by atoms with Crippen molar-refractivity contribution in [2.75, 3.05) is 0 Å². The van der Waals surface area contributed by atoms with Crippen LogP contribution in [0.4, 0.5) is 0 Å². The zero-order chi connectivity index (χ0) is 23.3. The van der Waals surface area contributed by atoms with Gasteiger partial charge in [-0.3, -0.25) is 0 Å². The molecule has 1 unspecified atom stereocenters. The van der Waals surface area contributed by atoms with Crippen LogP contribution >= 0.6 is 0 Å². The topological polar surface area (TPSA) is 64.1 Å². The molecule has 0 aliphatic heterocycles. The predicted octanol–water partition coefficient (Wildman–Crippen LogP) is 6.28. The smallest absolute Gasteiger partial charge is 0.0531 e. The zero-order valence-corrected chi connectivity index (χ0v) is 19.1. The third-order valence-corrected chi connectivity index (χ3v) is 6.34. The third-order valence-electron chi connectivity index (χ3n) is 6.34. The fraction of sp³-hybridized carbons (Fsp3) is 0.0968. The standard InChI is InChI=1S/C31H29N3/c32-20-22-9-13-26(14-10-22)31(34-21-23-11-12-24-5-1-3-7-27(24)17-23)19-30(33)29-16-15-25-6-2-4-8-28(25)18-29/h1-19,31,34H,20-21,32-33H2/b30-19-. The molecule has 0 radical (unpaired) electrons. The molecule has 0 aromatic heterocycles. The first kappa shape index (κ1) is 21.9. The van der Waals surface area contributed by atoms with E-state index >= 15 is 0 Å². The molecule has 0 bridgehead atoms. The van der Waals surface area contributed by atoms with Crippen molar-refractivity contribution in [3.05, 3.63) is 138 Å². The molecule has 0 saturated heterocycles. The molecule has 1 atom stereocenters. The fourth-order valence-electron chi connectivity index (χ4n) is 4.36. The highest BCUT2D eigenvalue weighted by Crippen LogP contribution is 2.24. The summed E-state index contributed by atoms with van der Waals surface area (Å²) in [6.45, 7) is 1.26. The molecule has 3 nitrogen and oxygen atoms in total. The maximum absolute atomic E-state index is 6.62. The Morgan fingerprint density at radius 2 is 1.26 bits per heavy atom. The highest BCUT2D eigenvalue weighted by molar-refractivity contribution is 5.86. The molecule has 5 aromatic rings. The van der Waals surface area contributed by atoms with Crippen LogP contribution in [0, 0.1) is 0 Å². The summed E-state index contributed by atoms with van der Waals surface area (Å²) in [6, 6.07) is 38.1. The second-order valence-electron chi connectivity index (χ2n) is 8.67. The average Bonchev–Trinajstić information content (AvgIpc) is 2.90. The average molecular weight is 444 g/mol. The molecule has 34 heavy (non-hydrogen) atoms. The molecule has 0 spiro atoms. The van der Waals surface area contributed by atoms with E-state index in [1.165, 1.54) is 27.1 Å². The SMILES string of the molecule is NCc1ccc(C(/C=C(\N)c2ccc3ccccc3c2)NCc2ccc3ccccc3c2)cc1. The molecular formula is C31H29N3. The van der Waals surface area contributed by atoms with Crippen LogP contribution in [0.25, 0.3) is 27.2 Å². The van der Waals surface area contributed by atoms with Gasteiger partial charge in [-0.2, -0.15) is 0 Å². The van der Waals surface area contributed by atoms with Crippen molar-refractivity contribution in [3.8, 4) is 0 Å². The highest BCUT2D eigenvalue weighted by Gasteiger charge is 2.11. The number of fused-ring (bicyclic) bond motifs is 2. The first-order valence-electron chi connectivity index (χ1n) is 11.7. The first-order valence-corrected chi connectivity index (χ1v) is 11.7. The molecule has 5 rings (SSSR count). The van der Waals surface area contributed by atoms with Crippen LogP contribution in [0.2, 0.25) is 0 Å². The van der Waals surface area contributed by atoms with E-state index in [0.29, 0.717) is 6.54 Å². The summed E-state index contributed by atoms with van der Waals surface area (Å²) in [5.74, 6) is 0. The van der Waals surface area contributed by atoms with Gasteiger partial charge < -0.3 is 16.8 Å². The van der Waals surface area contributed by atoms with Gasteiger partial charge in [-0.25, -0.2) is 0 Å². The van der Waals surface area contributed by atoms with E-state index in [1.54, 1.807) is 0 Å². The maximum Gasteiger partial charge on any atom is 0.0531 e. The van der Waals surface area contributed by atoms with Gasteiger partial charge in [0, 0.05) is 18.8 Å². The molecule has 0 saturated carbocycles. The molecule has 168 valence electrons. The maximum atomic E-state index is 6.62. The Morgan fingerprint density at radius 1 is 0.676 bits per heavy atom. The van der Waals surface area contributed by atoms with Gasteiger partial charge in [-0.05, 0) is 62.0 Å². The second-order valence-corrected chi connectivity index (χ2v) is 8.67. The molecule has 0 amide bonds. The van der Waals surface area contributed by atoms with Crippen LogP contribution in [0.15, 0.2) is 115 Å². The predicted molar refractivity (Wildman–Crippen MR) is 144 cm³/mol. The molecule has 3 heteroatoms. The number of benzene rings is 5. The lowest BCUT2D eigenvalue weighted by Gasteiger charge is -2.18. The number of nitrogens with one attached hydrogen (secondary N) is 1. The fourth-order valence-corrected chi connectivity index (χ4v) is 4.36. The summed E-state index contributed by atoms with van der Waals surface area (Å²) in [5, 5.41) is 8.60. The molecular weight excluding hydrogens is 414 g/mol. The second kappa shape index (κ2) is 9.92. The van der Waals surface area contributed by atoms with Gasteiger partial charge in [0.05, 0.1) is 6.04 Å². The van der Waals surface area contributed by atoms with Crippen LogP contribution in [-0.2, 0) is 13.1 Å². The quantitative estimate of drug-likeness (QED) is 0.277. The van der Waals surface area contributed by atoms with E-state index in [0.717, 1.165) is 28.9 Å². The lowest BCUT2D eigenvalue weighted by molar-refractivity contribution is 0.621. The summed E-state index contributed by atoms with van der Waals surface area (Å²) in [6.07, 6.45) is 2.11. The largest absolute Gasteiger partial charge is 0.398 e. The van der Waals surface area contributed by atoms with Crippen LogP contribution in [0.3, 0.4) is 0 Å². The highest BCUT2D eigenvalue weighted by atomic mass is 14.9. The van der Waals surface area contributed by atoms with Crippen molar-refractivity contribution in [3.63, 3.8) is 0 Å². The lowest BCUT2D eigenvalue weighted by atomic mass is 10.00. The Morgan fingerprint density at radius 3 is 1.94 bits per heavy atom. The van der Waals surface area contributed by atoms with Crippen LogP contribution < -0.4 is 16.8 Å². The molecule has 5 aromatic carbocycles. The molecule has 0 heterocycles. The number of hydrogen-bond donors (Lipinski definition) is 3. The van der Waals surface area contributed by atoms with Gasteiger partial charge in [0.2, 0.25) is 0 Å². The van der Waals surface area contributed by atoms with E-state index in [9.17, 15) is 0 Å². The summed E-state index contributed by atoms with van der Waals surface area (Å²) in [7, 11) is 0. The Balaban J connectivity index is 1.44. The molecule has 5 N–H and O–H groups in total. The van der Waals surface area contributed by atoms with Crippen molar-refractivity contribution in [1.29, 1.82) is 0 Å². The van der Waals surface area contributed by atoms with E-state index < -0.39 is 0 Å². The van der Waals surface area contributed by atoms with Crippen molar-refractivity contribution in [2.45, 2.75) is 19.1 Å². The van der Waals surface area contributed by atoms with Gasteiger partial charge in [0.1, 0.15) is 0 Å². The minimum atomic E-state index is -0.0373. The molecule has 0 aliphatic rings. The first-order chi connectivity index (χ1) is 16.7. The zero-order valence-electron chi connectivity index (χ0n) is 19.1. The number of hydrogen-bond acceptors (Lipinski definition) is 3. The van der Waals surface area contributed by atoms with Gasteiger partial charge in [0.15, 0.2) is 0 Å². The van der Waals surface area contributed by atoms with Crippen molar-refractivity contribution in [2.24, 2.45) is 11.5 Å². The molecule has 0 fully saturated rings. The van der Waals surface area contributed by atoms with Crippen molar-refractivity contribution < 1.29 is 0 Å². The van der Waals surface area contributed by atoms with E-state index in [-0.39, 0.29) is 6.04 Å². The van der Waals surface area contributed by atoms with Crippen LogP contribution in [0.5, 0.6) is 0 Å². The molecule has 0 aliphatic carbocycles. The summed E-state index contributed by atoms with van der Waals surface area (Å²) >= 11 is 0. The van der Waals surface area contributed by atoms with Gasteiger partial charge in [-0.1, -0.05) is 97.1 Å². The number of rotatable bonds is 7. The van der Waals surface area contributed by atoms with E-state index in [2.05, 4.69) is 121 Å².